The van der Waals surface area contributed by atoms with E-state index in [1.165, 1.54) is 0 Å². The van der Waals surface area contributed by atoms with E-state index < -0.39 is 11.9 Å². The third kappa shape index (κ3) is 4.14. The standard InChI is InChI=1S/C24H17NO4/c1-16-8-7-12-19(14-16)22-25-20(24(27)29-22)15-18-11-5-6-13-21(18)28-23(26)17-9-3-2-4-10-17/h2-15H,1H3/b20-15+. The highest BCUT2D eigenvalue weighted by Gasteiger charge is 2.24. The summed E-state index contributed by atoms with van der Waals surface area (Å²) in [7, 11) is 0. The molecule has 142 valence electrons. The molecule has 0 unspecified atom stereocenters. The minimum absolute atomic E-state index is 0.143. The van der Waals surface area contributed by atoms with Crippen molar-refractivity contribution in [3.05, 3.63) is 107 Å². The summed E-state index contributed by atoms with van der Waals surface area (Å²) in [6.07, 6.45) is 1.55. The first kappa shape index (κ1) is 18.4. The molecule has 0 bridgehead atoms. The summed E-state index contributed by atoms with van der Waals surface area (Å²) in [6, 6.07) is 23.2. The van der Waals surface area contributed by atoms with Gasteiger partial charge in [0, 0.05) is 11.1 Å². The molecule has 0 aliphatic carbocycles. The Balaban J connectivity index is 1.63. The van der Waals surface area contributed by atoms with E-state index in [1.807, 2.05) is 37.3 Å². The Morgan fingerprint density at radius 2 is 1.72 bits per heavy atom. The van der Waals surface area contributed by atoms with E-state index in [2.05, 4.69) is 4.99 Å². The maximum atomic E-state index is 12.4. The second kappa shape index (κ2) is 7.94. The van der Waals surface area contributed by atoms with E-state index in [4.69, 9.17) is 9.47 Å². The summed E-state index contributed by atoms with van der Waals surface area (Å²) in [5, 5.41) is 0. The maximum Gasteiger partial charge on any atom is 0.363 e. The Morgan fingerprint density at radius 3 is 2.52 bits per heavy atom. The van der Waals surface area contributed by atoms with Gasteiger partial charge in [0.05, 0.1) is 5.56 Å². The highest BCUT2D eigenvalue weighted by Crippen LogP contribution is 2.25. The summed E-state index contributed by atoms with van der Waals surface area (Å²) in [4.78, 5) is 29.0. The van der Waals surface area contributed by atoms with Crippen molar-refractivity contribution in [2.24, 2.45) is 4.99 Å². The van der Waals surface area contributed by atoms with Gasteiger partial charge in [-0.1, -0.05) is 54.1 Å². The molecule has 4 rings (SSSR count). The maximum absolute atomic E-state index is 12.4. The number of carbonyl (C=O) groups is 2. The van der Waals surface area contributed by atoms with Gasteiger partial charge in [0.15, 0.2) is 5.70 Å². The van der Waals surface area contributed by atoms with Gasteiger partial charge < -0.3 is 9.47 Å². The Kier molecular flexibility index (Phi) is 5.03. The third-order valence-corrected chi connectivity index (χ3v) is 4.31. The third-order valence-electron chi connectivity index (χ3n) is 4.31. The predicted octanol–water partition coefficient (Wildman–Crippen LogP) is 4.56. The largest absolute Gasteiger partial charge is 0.422 e. The molecule has 1 aliphatic heterocycles. The van der Waals surface area contributed by atoms with Crippen molar-refractivity contribution in [2.75, 3.05) is 0 Å². The van der Waals surface area contributed by atoms with Crippen LogP contribution in [0.2, 0.25) is 0 Å². The number of carbonyl (C=O) groups excluding carboxylic acids is 2. The van der Waals surface area contributed by atoms with Crippen molar-refractivity contribution in [3.63, 3.8) is 0 Å². The lowest BCUT2D eigenvalue weighted by atomic mass is 10.1. The van der Waals surface area contributed by atoms with Gasteiger partial charge in [0.1, 0.15) is 5.75 Å². The quantitative estimate of drug-likeness (QED) is 0.376. The molecule has 29 heavy (non-hydrogen) atoms. The number of esters is 2. The lowest BCUT2D eigenvalue weighted by Crippen LogP contribution is -2.09. The van der Waals surface area contributed by atoms with Gasteiger partial charge in [-0.3, -0.25) is 0 Å². The number of benzene rings is 3. The topological polar surface area (TPSA) is 65.0 Å². The number of cyclic esters (lactones) is 1. The first-order valence-corrected chi connectivity index (χ1v) is 9.06. The van der Waals surface area contributed by atoms with E-state index in [9.17, 15) is 9.59 Å². The molecule has 0 N–H and O–H groups in total. The van der Waals surface area contributed by atoms with Gasteiger partial charge in [-0.25, -0.2) is 14.6 Å². The zero-order valence-corrected chi connectivity index (χ0v) is 15.7. The van der Waals surface area contributed by atoms with Crippen LogP contribution in [0.5, 0.6) is 5.75 Å². The Hall–Kier alpha value is -3.99. The monoisotopic (exact) mass is 383 g/mol. The number of aryl methyl sites for hydroxylation is 1. The number of hydrogen-bond acceptors (Lipinski definition) is 5. The molecule has 0 saturated heterocycles. The van der Waals surface area contributed by atoms with E-state index in [-0.39, 0.29) is 11.6 Å². The predicted molar refractivity (Wildman–Crippen MR) is 110 cm³/mol. The van der Waals surface area contributed by atoms with Crippen molar-refractivity contribution in [1.82, 2.24) is 0 Å². The van der Waals surface area contributed by atoms with Crippen LogP contribution in [0.15, 0.2) is 89.6 Å². The van der Waals surface area contributed by atoms with E-state index in [1.54, 1.807) is 54.6 Å². The minimum atomic E-state index is -0.550. The van der Waals surface area contributed by atoms with Crippen molar-refractivity contribution >= 4 is 23.9 Å². The van der Waals surface area contributed by atoms with Gasteiger partial charge in [0.25, 0.3) is 0 Å². The molecule has 5 nitrogen and oxygen atoms in total. The van der Waals surface area contributed by atoms with E-state index in [0.29, 0.717) is 16.9 Å². The van der Waals surface area contributed by atoms with E-state index in [0.717, 1.165) is 11.1 Å². The van der Waals surface area contributed by atoms with Gasteiger partial charge in [-0.05, 0) is 43.3 Å². The molecule has 0 amide bonds. The summed E-state index contributed by atoms with van der Waals surface area (Å²) in [5.41, 5.74) is 2.90. The molecule has 0 saturated carbocycles. The molecule has 3 aromatic carbocycles. The molecule has 0 spiro atoms. The minimum Gasteiger partial charge on any atom is -0.422 e. The average Bonchev–Trinajstić information content (AvgIpc) is 3.10. The molecular weight excluding hydrogens is 366 g/mol. The first-order chi connectivity index (χ1) is 14.1. The zero-order chi connectivity index (χ0) is 20.2. The summed E-state index contributed by atoms with van der Waals surface area (Å²) >= 11 is 0. The molecule has 1 heterocycles. The summed E-state index contributed by atoms with van der Waals surface area (Å²) in [5.74, 6) is -0.440. The lowest BCUT2D eigenvalue weighted by Gasteiger charge is -2.07. The van der Waals surface area contributed by atoms with Gasteiger partial charge in [-0.2, -0.15) is 0 Å². The van der Waals surface area contributed by atoms with Crippen LogP contribution in [0.25, 0.3) is 6.08 Å². The molecule has 0 aromatic heterocycles. The van der Waals surface area contributed by atoms with Crippen molar-refractivity contribution < 1.29 is 19.1 Å². The van der Waals surface area contributed by atoms with Crippen LogP contribution in [0, 0.1) is 6.92 Å². The Labute approximate surface area is 167 Å². The molecular formula is C24H17NO4. The van der Waals surface area contributed by atoms with Crippen LogP contribution >= 0.6 is 0 Å². The van der Waals surface area contributed by atoms with Crippen LogP contribution in [0.4, 0.5) is 0 Å². The average molecular weight is 383 g/mol. The van der Waals surface area contributed by atoms with Gasteiger partial charge in [-0.15, -0.1) is 0 Å². The number of aliphatic imine (C=N–C) groups is 1. The number of para-hydroxylation sites is 1. The zero-order valence-electron chi connectivity index (χ0n) is 15.7. The van der Waals surface area contributed by atoms with Crippen LogP contribution < -0.4 is 4.74 Å². The number of rotatable bonds is 4. The SMILES string of the molecule is Cc1cccc(C2=N/C(=C/c3ccccc3OC(=O)c3ccccc3)C(=O)O2)c1. The van der Waals surface area contributed by atoms with Crippen molar-refractivity contribution in [1.29, 1.82) is 0 Å². The molecule has 0 atom stereocenters. The fourth-order valence-corrected chi connectivity index (χ4v) is 2.88. The molecule has 0 radical (unpaired) electrons. The molecule has 1 aliphatic rings. The highest BCUT2D eigenvalue weighted by molar-refractivity contribution is 6.13. The van der Waals surface area contributed by atoms with Crippen LogP contribution in [-0.4, -0.2) is 17.8 Å². The Morgan fingerprint density at radius 1 is 0.966 bits per heavy atom. The lowest BCUT2D eigenvalue weighted by molar-refractivity contribution is -0.129. The van der Waals surface area contributed by atoms with Crippen LogP contribution in [0.1, 0.15) is 27.0 Å². The van der Waals surface area contributed by atoms with Crippen LogP contribution in [0.3, 0.4) is 0 Å². The first-order valence-electron chi connectivity index (χ1n) is 9.06. The summed E-state index contributed by atoms with van der Waals surface area (Å²) in [6.45, 7) is 1.95. The number of nitrogens with zero attached hydrogens (tertiary/aromatic N) is 1. The second-order valence-corrected chi connectivity index (χ2v) is 6.50. The molecule has 0 fully saturated rings. The van der Waals surface area contributed by atoms with Gasteiger partial charge in [0.2, 0.25) is 5.90 Å². The molecule has 3 aromatic rings. The normalized spacial score (nSPS) is 14.4. The van der Waals surface area contributed by atoms with E-state index >= 15 is 0 Å². The van der Waals surface area contributed by atoms with Gasteiger partial charge >= 0.3 is 11.9 Å². The molecule has 5 heteroatoms. The smallest absolute Gasteiger partial charge is 0.363 e. The Bertz CT molecular complexity index is 1150. The highest BCUT2D eigenvalue weighted by atomic mass is 16.6. The second-order valence-electron chi connectivity index (χ2n) is 6.50. The fraction of sp³-hybridized carbons (Fsp3) is 0.0417. The number of ether oxygens (including phenoxy) is 2. The van der Waals surface area contributed by atoms with Crippen molar-refractivity contribution in [2.45, 2.75) is 6.92 Å². The van der Waals surface area contributed by atoms with Crippen molar-refractivity contribution in [3.8, 4) is 5.75 Å². The number of hydrogen-bond donors (Lipinski definition) is 0. The fourth-order valence-electron chi connectivity index (χ4n) is 2.88. The van der Waals surface area contributed by atoms with Crippen LogP contribution in [-0.2, 0) is 9.53 Å². The summed E-state index contributed by atoms with van der Waals surface area (Å²) < 4.78 is 10.8.